The molecule has 0 atom stereocenters. The molecule has 12 nitrogen and oxygen atoms in total. The third-order valence-electron chi connectivity index (χ3n) is 4.68. The number of aromatic amines is 1. The summed E-state index contributed by atoms with van der Waals surface area (Å²) in [5.74, 6) is -0.640. The third-order valence-corrected chi connectivity index (χ3v) is 6.02. The predicted molar refractivity (Wildman–Crippen MR) is 124 cm³/mol. The van der Waals surface area contributed by atoms with Crippen molar-refractivity contribution in [2.75, 3.05) is 15.6 Å². The van der Waals surface area contributed by atoms with Crippen molar-refractivity contribution in [3.8, 4) is 5.75 Å². The molecule has 0 radical (unpaired) electrons. The van der Waals surface area contributed by atoms with Crippen LogP contribution >= 0.6 is 0 Å². The minimum Gasteiger partial charge on any atom is -0.508 e. The Morgan fingerprint density at radius 3 is 2.29 bits per heavy atom. The number of carbonyl (C=O) groups excluding carboxylic acids is 1. The first-order chi connectivity index (χ1) is 16.2. The molecule has 0 saturated heterocycles. The molecule has 0 bridgehead atoms. The number of hydrogen-bond acceptors (Lipinski definition) is 9. The number of H-pyrrole nitrogens is 1. The summed E-state index contributed by atoms with van der Waals surface area (Å²) in [5, 5.41) is 12.1. The van der Waals surface area contributed by atoms with E-state index in [1.54, 1.807) is 13.0 Å². The largest absolute Gasteiger partial charge is 0.508 e. The topological polar surface area (TPSA) is 171 Å². The van der Waals surface area contributed by atoms with Crippen molar-refractivity contribution in [2.24, 2.45) is 0 Å². The van der Waals surface area contributed by atoms with Gasteiger partial charge in [-0.1, -0.05) is 0 Å². The lowest BCUT2D eigenvalue weighted by Gasteiger charge is -2.10. The van der Waals surface area contributed by atoms with Gasteiger partial charge in [-0.3, -0.25) is 20.1 Å². The fourth-order valence-electron chi connectivity index (χ4n) is 2.95. The maximum atomic E-state index is 12.7. The number of rotatable bonds is 7. The van der Waals surface area contributed by atoms with Crippen molar-refractivity contribution < 1.29 is 18.3 Å². The van der Waals surface area contributed by atoms with Crippen LogP contribution in [0, 0.1) is 6.92 Å². The molecular formula is C21H19N7O5S. The number of hydrogen-bond donors (Lipinski definition) is 5. The zero-order valence-electron chi connectivity index (χ0n) is 17.7. The van der Waals surface area contributed by atoms with Gasteiger partial charge < -0.3 is 10.5 Å². The van der Waals surface area contributed by atoms with E-state index in [4.69, 9.17) is 0 Å². The highest BCUT2D eigenvalue weighted by Gasteiger charge is 2.18. The number of nitrogens with zero attached hydrogens (tertiary/aromatic N) is 3. The van der Waals surface area contributed by atoms with Gasteiger partial charge in [-0.05, 0) is 61.5 Å². The monoisotopic (exact) mass is 481 g/mol. The molecule has 13 heteroatoms. The second-order valence-corrected chi connectivity index (χ2v) is 8.74. The van der Waals surface area contributed by atoms with E-state index in [1.165, 1.54) is 60.9 Å². The van der Waals surface area contributed by atoms with Gasteiger partial charge in [0, 0.05) is 18.0 Å². The maximum absolute atomic E-state index is 12.7. The Balaban J connectivity index is 1.46. The van der Waals surface area contributed by atoms with E-state index >= 15 is 0 Å². The van der Waals surface area contributed by atoms with Gasteiger partial charge in [-0.25, -0.2) is 23.1 Å². The summed E-state index contributed by atoms with van der Waals surface area (Å²) in [7, 11) is -3.88. The van der Waals surface area contributed by atoms with Crippen molar-refractivity contribution in [3.63, 3.8) is 0 Å². The van der Waals surface area contributed by atoms with Crippen molar-refractivity contribution in [2.45, 2.75) is 11.8 Å². The Labute approximate surface area is 193 Å². The first-order valence-electron chi connectivity index (χ1n) is 9.82. The van der Waals surface area contributed by atoms with Crippen molar-refractivity contribution in [3.05, 3.63) is 88.6 Å². The lowest BCUT2D eigenvalue weighted by atomic mass is 10.2. The van der Waals surface area contributed by atoms with Crippen LogP contribution in [0.3, 0.4) is 0 Å². The highest BCUT2D eigenvalue weighted by Crippen LogP contribution is 2.17. The number of phenolic OH excluding ortho intramolecular Hbond substituents is 1. The van der Waals surface area contributed by atoms with E-state index in [-0.39, 0.29) is 27.8 Å². The van der Waals surface area contributed by atoms with Gasteiger partial charge in [0.15, 0.2) is 0 Å². The van der Waals surface area contributed by atoms with Crippen molar-refractivity contribution >= 4 is 33.3 Å². The fourth-order valence-corrected chi connectivity index (χ4v) is 3.91. The number of anilines is 3. The average Bonchev–Trinajstić information content (AvgIpc) is 3.11. The summed E-state index contributed by atoms with van der Waals surface area (Å²) in [6, 6.07) is 12.8. The summed E-state index contributed by atoms with van der Waals surface area (Å²) < 4.78 is 28.0. The van der Waals surface area contributed by atoms with E-state index in [2.05, 4.69) is 30.6 Å². The molecule has 0 aliphatic rings. The lowest BCUT2D eigenvalue weighted by Crippen LogP contribution is -2.27. The van der Waals surface area contributed by atoms with Crippen LogP contribution in [0.25, 0.3) is 0 Å². The van der Waals surface area contributed by atoms with Crippen LogP contribution in [0.2, 0.25) is 0 Å². The molecule has 174 valence electrons. The second kappa shape index (κ2) is 9.07. The van der Waals surface area contributed by atoms with Crippen LogP contribution in [0.5, 0.6) is 5.75 Å². The van der Waals surface area contributed by atoms with Crippen LogP contribution < -0.4 is 21.1 Å². The molecule has 2 aromatic carbocycles. The van der Waals surface area contributed by atoms with Gasteiger partial charge in [-0.15, -0.1) is 0 Å². The number of nitrogens with one attached hydrogen (secondary N) is 4. The number of hydrazine groups is 1. The second-order valence-electron chi connectivity index (χ2n) is 7.06. The summed E-state index contributed by atoms with van der Waals surface area (Å²) in [6.45, 7) is 1.61. The van der Waals surface area contributed by atoms with Gasteiger partial charge in [-0.2, -0.15) is 4.68 Å². The van der Waals surface area contributed by atoms with Gasteiger partial charge in [0.2, 0.25) is 5.95 Å². The normalized spacial score (nSPS) is 11.1. The highest BCUT2D eigenvalue weighted by atomic mass is 32.2. The Bertz CT molecular complexity index is 1480. The molecule has 2 aromatic heterocycles. The maximum Gasteiger partial charge on any atom is 0.299 e. The number of benzene rings is 2. The Morgan fingerprint density at radius 2 is 1.65 bits per heavy atom. The van der Waals surface area contributed by atoms with E-state index in [0.717, 1.165) is 4.68 Å². The van der Waals surface area contributed by atoms with Crippen LogP contribution in [-0.2, 0) is 10.0 Å². The molecule has 0 saturated carbocycles. The molecule has 4 aromatic rings. The molecule has 5 N–H and O–H groups in total. The van der Waals surface area contributed by atoms with E-state index < -0.39 is 21.5 Å². The molecule has 0 aliphatic heterocycles. The molecule has 0 unspecified atom stereocenters. The summed E-state index contributed by atoms with van der Waals surface area (Å²) in [4.78, 5) is 33.0. The van der Waals surface area contributed by atoms with Gasteiger partial charge in [0.1, 0.15) is 11.4 Å². The van der Waals surface area contributed by atoms with E-state index in [1.807, 2.05) is 0 Å². The summed E-state index contributed by atoms with van der Waals surface area (Å²) >= 11 is 0. The number of aryl methyl sites for hydroxylation is 1. The molecule has 4 rings (SSSR count). The third kappa shape index (κ3) is 4.73. The molecular weight excluding hydrogens is 462 g/mol. The molecule has 0 amide bonds. The summed E-state index contributed by atoms with van der Waals surface area (Å²) in [6.07, 6.45) is 2.83. The van der Waals surface area contributed by atoms with E-state index in [0.29, 0.717) is 11.4 Å². The number of phenols is 1. The molecule has 2 heterocycles. The summed E-state index contributed by atoms with van der Waals surface area (Å²) in [5.41, 5.74) is 6.11. The number of aromatic nitrogens is 4. The van der Waals surface area contributed by atoms with Gasteiger partial charge >= 0.3 is 0 Å². The van der Waals surface area contributed by atoms with Crippen LogP contribution in [0.1, 0.15) is 16.1 Å². The van der Waals surface area contributed by atoms with Crippen LogP contribution in [0.4, 0.5) is 17.3 Å². The standard InChI is InChI=1S/C21H19N7O5S/c1-13-18(20(31)28(26-13)19(30)14-3-7-16(29)8-4-14)25-24-15-5-9-17(10-6-15)34(32,33)27-21-22-11-2-12-23-21/h2-12,24-26,29H,1H3,(H,22,23,27). The van der Waals surface area contributed by atoms with Gasteiger partial charge in [0.05, 0.1) is 16.3 Å². The lowest BCUT2D eigenvalue weighted by molar-refractivity contribution is 0.0941. The number of aromatic hydroxyl groups is 1. The number of carbonyl (C=O) groups is 1. The van der Waals surface area contributed by atoms with Crippen molar-refractivity contribution in [1.29, 1.82) is 0 Å². The number of sulfonamides is 1. The Morgan fingerprint density at radius 1 is 1.00 bits per heavy atom. The molecule has 34 heavy (non-hydrogen) atoms. The smallest absolute Gasteiger partial charge is 0.299 e. The van der Waals surface area contributed by atoms with Crippen molar-refractivity contribution in [1.82, 2.24) is 19.7 Å². The predicted octanol–water partition coefficient (Wildman–Crippen LogP) is 1.91. The van der Waals surface area contributed by atoms with Crippen LogP contribution in [0.15, 0.2) is 76.7 Å². The quantitative estimate of drug-likeness (QED) is 0.247. The first kappa shape index (κ1) is 22.5. The van der Waals surface area contributed by atoms with Gasteiger partial charge in [0.25, 0.3) is 21.5 Å². The molecule has 0 aliphatic carbocycles. The average molecular weight is 481 g/mol. The zero-order chi connectivity index (χ0) is 24.3. The highest BCUT2D eigenvalue weighted by molar-refractivity contribution is 7.92. The molecule has 0 spiro atoms. The molecule has 0 fully saturated rings. The van der Waals surface area contributed by atoms with Crippen LogP contribution in [-0.4, -0.2) is 39.2 Å². The zero-order valence-corrected chi connectivity index (χ0v) is 18.5. The minimum absolute atomic E-state index is 0.00103. The van der Waals surface area contributed by atoms with E-state index in [9.17, 15) is 23.1 Å². The fraction of sp³-hybridized carbons (Fsp3) is 0.0476. The Kier molecular flexibility index (Phi) is 6.01. The Hall–Kier alpha value is -4.65. The first-order valence-corrected chi connectivity index (χ1v) is 11.3. The SMILES string of the molecule is Cc1[nH]n(C(=O)c2ccc(O)cc2)c(=O)c1NNc1ccc(S(=O)(=O)Nc2ncccn2)cc1. The minimum atomic E-state index is -3.88.